The van der Waals surface area contributed by atoms with Gasteiger partial charge in [-0.05, 0) is 72.4 Å². The van der Waals surface area contributed by atoms with Crippen LogP contribution in [0.1, 0.15) is 74.5 Å². The summed E-state index contributed by atoms with van der Waals surface area (Å²) in [6.45, 7) is 14.1. The third kappa shape index (κ3) is 6.44. The number of nitrogens with zero attached hydrogens (tertiary/aromatic N) is 2. The molecule has 2 heterocycles. The highest BCUT2D eigenvalue weighted by molar-refractivity contribution is 6.05. The minimum Gasteiger partial charge on any atom is -0.329 e. The molecule has 0 radical (unpaired) electrons. The van der Waals surface area contributed by atoms with Crippen molar-refractivity contribution in [1.82, 2.24) is 15.5 Å². The highest BCUT2D eigenvalue weighted by atomic mass is 16.2. The number of carbonyl (C=O) groups is 4. The van der Waals surface area contributed by atoms with E-state index in [0.29, 0.717) is 22.4 Å². The second kappa shape index (κ2) is 12.5. The highest BCUT2D eigenvalue weighted by Gasteiger charge is 2.39. The number of urea groups is 1. The summed E-state index contributed by atoms with van der Waals surface area (Å²) in [6, 6.07) is 14.0. The number of benzene rings is 2. The van der Waals surface area contributed by atoms with Crippen LogP contribution in [-0.4, -0.2) is 34.7 Å². The van der Waals surface area contributed by atoms with Gasteiger partial charge in [-0.3, -0.25) is 19.7 Å². The fraction of sp³-hybridized carbons (Fsp3) is 0.324. The fourth-order valence-electron chi connectivity index (χ4n) is 5.40. The zero-order valence-electron chi connectivity index (χ0n) is 25.2. The first-order valence-corrected chi connectivity index (χ1v) is 14.5. The summed E-state index contributed by atoms with van der Waals surface area (Å²) < 4.78 is 0. The Bertz CT molecular complexity index is 1590. The van der Waals surface area contributed by atoms with Gasteiger partial charge in [0.25, 0.3) is 5.91 Å². The SMILES string of the molecule is C=C1C=C(c2ccc(C(C)(C)NC(=O)Nc3ccc4c(c3)CN(C3CCC(=O)NC3=O)C4=O)cc2)C=C(C#N)C1C.CC. The van der Waals surface area contributed by atoms with E-state index in [1.54, 1.807) is 18.2 Å². The van der Waals surface area contributed by atoms with E-state index < -0.39 is 23.5 Å². The Labute approximate surface area is 252 Å². The number of nitrogens with one attached hydrogen (secondary N) is 3. The standard InChI is InChI=1S/C32H31N5O4.C2H6/c1-18-13-21(14-22(16-33)19(18)2)20-5-7-24(8-6-20)32(3,4)36-31(41)34-25-9-10-26-23(15-25)17-37(30(26)40)27-11-12-28(38)35-29(27)39;1-2/h5-10,13-15,19,27H,1,11-12,17H2,2-4H3,(H2,34,36,41)(H,35,38,39);1-2H3. The first-order valence-electron chi connectivity index (χ1n) is 14.5. The van der Waals surface area contributed by atoms with Gasteiger partial charge >= 0.3 is 6.03 Å². The van der Waals surface area contributed by atoms with Crippen molar-refractivity contribution < 1.29 is 19.2 Å². The molecule has 2 aromatic rings. The van der Waals surface area contributed by atoms with Crippen molar-refractivity contribution in [3.8, 4) is 6.07 Å². The summed E-state index contributed by atoms with van der Waals surface area (Å²) >= 11 is 0. The monoisotopic (exact) mass is 579 g/mol. The van der Waals surface area contributed by atoms with Gasteiger partial charge in [0.05, 0.1) is 11.6 Å². The van der Waals surface area contributed by atoms with Gasteiger partial charge in [-0.15, -0.1) is 0 Å². The van der Waals surface area contributed by atoms with Crippen molar-refractivity contribution in [2.24, 2.45) is 5.92 Å². The van der Waals surface area contributed by atoms with E-state index in [0.717, 1.165) is 22.3 Å². The number of imide groups is 1. The van der Waals surface area contributed by atoms with E-state index in [9.17, 15) is 24.4 Å². The van der Waals surface area contributed by atoms with E-state index in [4.69, 9.17) is 0 Å². The van der Waals surface area contributed by atoms with Gasteiger partial charge in [-0.25, -0.2) is 4.79 Å². The Morgan fingerprint density at radius 1 is 1.09 bits per heavy atom. The van der Waals surface area contributed by atoms with E-state index >= 15 is 0 Å². The summed E-state index contributed by atoms with van der Waals surface area (Å²) in [4.78, 5) is 51.1. The number of anilines is 1. The van der Waals surface area contributed by atoms with Crippen LogP contribution in [-0.2, 0) is 21.7 Å². The van der Waals surface area contributed by atoms with Crippen LogP contribution in [0, 0.1) is 17.2 Å². The largest absolute Gasteiger partial charge is 0.329 e. The lowest BCUT2D eigenvalue weighted by molar-refractivity contribution is -0.136. The maximum Gasteiger partial charge on any atom is 0.319 e. The zero-order chi connectivity index (χ0) is 31.5. The minimum atomic E-state index is -0.704. The Morgan fingerprint density at radius 3 is 2.44 bits per heavy atom. The molecule has 0 spiro atoms. The average molecular weight is 580 g/mol. The first kappa shape index (κ1) is 31.0. The van der Waals surface area contributed by atoms with Crippen LogP contribution in [0.4, 0.5) is 10.5 Å². The molecule has 3 aliphatic rings. The third-order valence-electron chi connectivity index (χ3n) is 7.95. The molecule has 2 aliphatic heterocycles. The van der Waals surface area contributed by atoms with Gasteiger partial charge in [0, 0.05) is 35.7 Å². The lowest BCUT2D eigenvalue weighted by atomic mass is 9.84. The number of rotatable bonds is 5. The smallest absolute Gasteiger partial charge is 0.319 e. The molecule has 222 valence electrons. The maximum absolute atomic E-state index is 13.0. The van der Waals surface area contributed by atoms with Crippen LogP contribution >= 0.6 is 0 Å². The number of allylic oxidation sites excluding steroid dienone is 5. The molecule has 0 bridgehead atoms. The van der Waals surface area contributed by atoms with Gasteiger partial charge in [0.2, 0.25) is 11.8 Å². The summed E-state index contributed by atoms with van der Waals surface area (Å²) in [7, 11) is 0. The number of fused-ring (bicyclic) bond motifs is 1. The number of carbonyl (C=O) groups excluding carboxylic acids is 4. The molecule has 43 heavy (non-hydrogen) atoms. The quantitative estimate of drug-likeness (QED) is 0.399. The van der Waals surface area contributed by atoms with Gasteiger partial charge in [-0.2, -0.15) is 5.26 Å². The van der Waals surface area contributed by atoms with Crippen molar-refractivity contribution in [2.45, 2.75) is 65.6 Å². The predicted molar refractivity (Wildman–Crippen MR) is 165 cm³/mol. The van der Waals surface area contributed by atoms with Gasteiger partial charge in [0.1, 0.15) is 6.04 Å². The molecule has 1 saturated heterocycles. The van der Waals surface area contributed by atoms with Crippen LogP contribution in [0.25, 0.3) is 5.57 Å². The number of hydrogen-bond acceptors (Lipinski definition) is 5. The average Bonchev–Trinajstić information content (AvgIpc) is 3.30. The van der Waals surface area contributed by atoms with Crippen molar-refractivity contribution in [3.63, 3.8) is 0 Å². The van der Waals surface area contributed by atoms with Gasteiger partial charge in [0.15, 0.2) is 0 Å². The third-order valence-corrected chi connectivity index (χ3v) is 7.95. The number of amides is 5. The summed E-state index contributed by atoms with van der Waals surface area (Å²) in [5.41, 5.74) is 5.33. The van der Waals surface area contributed by atoms with Crippen LogP contribution in [0.3, 0.4) is 0 Å². The molecule has 5 amide bonds. The Hall–Kier alpha value is -4.97. The molecule has 0 saturated carbocycles. The molecular weight excluding hydrogens is 542 g/mol. The normalized spacial score (nSPS) is 19.7. The number of piperidine rings is 1. The molecule has 3 N–H and O–H groups in total. The highest BCUT2D eigenvalue weighted by Crippen LogP contribution is 2.33. The molecule has 9 nitrogen and oxygen atoms in total. The molecule has 2 unspecified atom stereocenters. The number of nitriles is 1. The van der Waals surface area contributed by atoms with Crippen molar-refractivity contribution in [1.29, 1.82) is 5.26 Å². The molecular formula is C34H37N5O4. The lowest BCUT2D eigenvalue weighted by Crippen LogP contribution is -2.52. The Balaban J connectivity index is 0.00000207. The van der Waals surface area contributed by atoms with Crippen LogP contribution in [0.5, 0.6) is 0 Å². The second-order valence-electron chi connectivity index (χ2n) is 11.2. The molecule has 5 rings (SSSR count). The number of hydrogen-bond donors (Lipinski definition) is 3. The molecule has 9 heteroatoms. The minimum absolute atomic E-state index is 0.0000962. The molecule has 2 aromatic carbocycles. The predicted octanol–water partition coefficient (Wildman–Crippen LogP) is 5.57. The molecule has 2 atom stereocenters. The van der Waals surface area contributed by atoms with E-state index in [1.807, 2.05) is 71.0 Å². The lowest BCUT2D eigenvalue weighted by Gasteiger charge is -2.29. The molecule has 0 aromatic heterocycles. The van der Waals surface area contributed by atoms with E-state index in [2.05, 4.69) is 28.6 Å². The molecule has 1 fully saturated rings. The van der Waals surface area contributed by atoms with Gasteiger partial charge < -0.3 is 15.5 Å². The van der Waals surface area contributed by atoms with E-state index in [-0.39, 0.29) is 37.1 Å². The van der Waals surface area contributed by atoms with Crippen molar-refractivity contribution in [2.75, 3.05) is 5.32 Å². The van der Waals surface area contributed by atoms with Crippen molar-refractivity contribution >= 4 is 35.0 Å². The topological polar surface area (TPSA) is 131 Å². The van der Waals surface area contributed by atoms with Gasteiger partial charge in [-0.1, -0.05) is 57.7 Å². The molecule has 1 aliphatic carbocycles. The summed E-state index contributed by atoms with van der Waals surface area (Å²) in [6.07, 6.45) is 4.36. The van der Waals surface area contributed by atoms with Crippen LogP contribution < -0.4 is 16.0 Å². The summed E-state index contributed by atoms with van der Waals surface area (Å²) in [5.74, 6) is -1.06. The zero-order valence-corrected chi connectivity index (χ0v) is 25.2. The van der Waals surface area contributed by atoms with Crippen LogP contribution in [0.15, 0.2) is 72.3 Å². The summed E-state index contributed by atoms with van der Waals surface area (Å²) in [5, 5.41) is 17.6. The fourth-order valence-corrected chi connectivity index (χ4v) is 5.40. The first-order chi connectivity index (χ1) is 20.5. The van der Waals surface area contributed by atoms with Crippen LogP contribution in [0.2, 0.25) is 0 Å². The van der Waals surface area contributed by atoms with E-state index in [1.165, 1.54) is 4.90 Å². The Morgan fingerprint density at radius 2 is 1.79 bits per heavy atom. The Kier molecular flexibility index (Phi) is 9.00. The van der Waals surface area contributed by atoms with Crippen molar-refractivity contribution in [3.05, 3.63) is 94.6 Å². The maximum atomic E-state index is 13.0. The second-order valence-corrected chi connectivity index (χ2v) is 11.2.